The molecule has 3 rings (SSSR count). The summed E-state index contributed by atoms with van der Waals surface area (Å²) >= 11 is 0. The van der Waals surface area contributed by atoms with Crippen molar-refractivity contribution in [3.63, 3.8) is 0 Å². The van der Waals surface area contributed by atoms with Crippen LogP contribution in [0.5, 0.6) is 0 Å². The minimum atomic E-state index is 0.165. The van der Waals surface area contributed by atoms with Gasteiger partial charge in [0.1, 0.15) is 0 Å². The largest absolute Gasteiger partial charge is 0.383 e. The van der Waals surface area contributed by atoms with E-state index in [4.69, 9.17) is 4.74 Å². The molecule has 1 aromatic heterocycles. The number of rotatable bonds is 5. The van der Waals surface area contributed by atoms with E-state index in [0.29, 0.717) is 19.2 Å². The number of ether oxygens (including phenoxy) is 1. The second-order valence-electron chi connectivity index (χ2n) is 5.83. The van der Waals surface area contributed by atoms with E-state index in [1.807, 2.05) is 27.7 Å². The molecule has 2 amide bonds. The summed E-state index contributed by atoms with van der Waals surface area (Å²) in [5, 5.41) is 4.21. The third-order valence-corrected chi connectivity index (χ3v) is 4.24. The number of fused-ring (bicyclic) bond motifs is 1. The highest BCUT2D eigenvalue weighted by Gasteiger charge is 2.40. The number of nitrogens with zero attached hydrogens (tertiary/aromatic N) is 5. The quantitative estimate of drug-likeness (QED) is 0.766. The molecule has 1 aromatic rings. The van der Waals surface area contributed by atoms with E-state index in [9.17, 15) is 4.79 Å². The topological polar surface area (TPSA) is 53.8 Å². The van der Waals surface area contributed by atoms with E-state index < -0.39 is 0 Å². The third-order valence-electron chi connectivity index (χ3n) is 4.24. The van der Waals surface area contributed by atoms with Crippen molar-refractivity contribution in [1.82, 2.24) is 24.5 Å². The van der Waals surface area contributed by atoms with E-state index in [0.717, 1.165) is 32.7 Å². The summed E-state index contributed by atoms with van der Waals surface area (Å²) in [7, 11) is 3.61. The molecule has 0 aromatic carbocycles. The molecule has 2 aliphatic heterocycles. The molecule has 2 saturated heterocycles. The molecule has 2 fully saturated rings. The summed E-state index contributed by atoms with van der Waals surface area (Å²) in [6.07, 6.45) is 3.97. The molecular weight excluding hydrogens is 270 g/mol. The van der Waals surface area contributed by atoms with Gasteiger partial charge in [-0.15, -0.1) is 0 Å². The molecule has 7 nitrogen and oxygen atoms in total. The molecular formula is C14H23N5O2. The number of piperazine rings is 1. The number of urea groups is 1. The van der Waals surface area contributed by atoms with Crippen LogP contribution in [0.4, 0.5) is 4.79 Å². The maximum Gasteiger partial charge on any atom is 0.320 e. The molecule has 0 N–H and O–H groups in total. The normalized spacial score (nSPS) is 23.0. The molecule has 1 atom stereocenters. The first-order valence-corrected chi connectivity index (χ1v) is 7.41. The Bertz CT molecular complexity index is 503. The highest BCUT2D eigenvalue weighted by Crippen LogP contribution is 2.21. The van der Waals surface area contributed by atoms with Gasteiger partial charge >= 0.3 is 6.03 Å². The predicted molar refractivity (Wildman–Crippen MR) is 77.8 cm³/mol. The van der Waals surface area contributed by atoms with Gasteiger partial charge in [-0.3, -0.25) is 9.58 Å². The molecule has 0 aliphatic carbocycles. The molecule has 7 heteroatoms. The summed E-state index contributed by atoms with van der Waals surface area (Å²) in [5.41, 5.74) is 1.23. The van der Waals surface area contributed by atoms with Gasteiger partial charge in [0.2, 0.25) is 0 Å². The molecule has 116 valence electrons. The predicted octanol–water partition coefficient (Wildman–Crippen LogP) is -0.0117. The van der Waals surface area contributed by atoms with Crippen molar-refractivity contribution in [3.8, 4) is 0 Å². The highest BCUT2D eigenvalue weighted by atomic mass is 16.5. The Hall–Kier alpha value is -1.60. The van der Waals surface area contributed by atoms with Gasteiger partial charge in [-0.2, -0.15) is 5.10 Å². The molecule has 21 heavy (non-hydrogen) atoms. The second-order valence-corrected chi connectivity index (χ2v) is 5.83. The molecule has 0 bridgehead atoms. The molecule has 0 radical (unpaired) electrons. The average molecular weight is 293 g/mol. The first-order chi connectivity index (χ1) is 10.2. The van der Waals surface area contributed by atoms with Crippen molar-refractivity contribution >= 4 is 6.03 Å². The van der Waals surface area contributed by atoms with Gasteiger partial charge in [-0.05, 0) is 0 Å². The zero-order valence-corrected chi connectivity index (χ0v) is 12.7. The number of methoxy groups -OCH3 is 1. The summed E-state index contributed by atoms with van der Waals surface area (Å²) in [4.78, 5) is 18.6. The Morgan fingerprint density at radius 2 is 2.24 bits per heavy atom. The van der Waals surface area contributed by atoms with Crippen molar-refractivity contribution in [1.29, 1.82) is 0 Å². The zero-order chi connectivity index (χ0) is 14.8. The van der Waals surface area contributed by atoms with E-state index >= 15 is 0 Å². The summed E-state index contributed by atoms with van der Waals surface area (Å²) in [6.45, 7) is 5.68. The zero-order valence-electron chi connectivity index (χ0n) is 12.7. The third kappa shape index (κ3) is 3.03. The fraction of sp³-hybridized carbons (Fsp3) is 0.714. The molecule has 0 unspecified atom stereocenters. The van der Waals surface area contributed by atoms with Gasteiger partial charge in [0.15, 0.2) is 0 Å². The van der Waals surface area contributed by atoms with Crippen molar-refractivity contribution in [2.45, 2.75) is 12.6 Å². The lowest BCUT2D eigenvalue weighted by molar-refractivity contribution is 0.116. The summed E-state index contributed by atoms with van der Waals surface area (Å²) in [5.74, 6) is 0. The molecule has 3 heterocycles. The Morgan fingerprint density at radius 3 is 2.95 bits per heavy atom. The van der Waals surface area contributed by atoms with Crippen LogP contribution < -0.4 is 0 Å². The first-order valence-electron chi connectivity index (χ1n) is 7.41. The first kappa shape index (κ1) is 14.3. The van der Waals surface area contributed by atoms with Crippen molar-refractivity contribution in [3.05, 3.63) is 18.0 Å². The van der Waals surface area contributed by atoms with Gasteiger partial charge in [0.05, 0.1) is 18.8 Å². The van der Waals surface area contributed by atoms with Crippen molar-refractivity contribution < 1.29 is 9.53 Å². The highest BCUT2D eigenvalue weighted by molar-refractivity contribution is 5.77. The van der Waals surface area contributed by atoms with Crippen LogP contribution in [0.2, 0.25) is 0 Å². The maximum atomic E-state index is 12.3. The minimum absolute atomic E-state index is 0.165. The number of carbonyl (C=O) groups is 1. The van der Waals surface area contributed by atoms with Crippen LogP contribution >= 0.6 is 0 Å². The standard InChI is InChI=1S/C14H23N5O2/c1-16-8-12(7-15-16)9-17-3-4-19-13(10-17)11-18(14(19)20)5-6-21-2/h7-8,13H,3-6,9-11H2,1-2H3/t13-/m1/s1. The fourth-order valence-corrected chi connectivity index (χ4v) is 3.19. The lowest BCUT2D eigenvalue weighted by atomic mass is 10.2. The summed E-state index contributed by atoms with van der Waals surface area (Å²) in [6, 6.07) is 0.470. The van der Waals surface area contributed by atoms with E-state index in [1.54, 1.807) is 7.11 Å². The van der Waals surface area contributed by atoms with Gasteiger partial charge in [0, 0.05) is 65.2 Å². The van der Waals surface area contributed by atoms with Crippen LogP contribution in [0.1, 0.15) is 5.56 Å². The lowest BCUT2D eigenvalue weighted by Gasteiger charge is -2.36. The Kier molecular flexibility index (Phi) is 4.12. The number of carbonyl (C=O) groups excluding carboxylic acids is 1. The van der Waals surface area contributed by atoms with E-state index in [1.165, 1.54) is 5.56 Å². The van der Waals surface area contributed by atoms with Crippen LogP contribution in [0.3, 0.4) is 0 Å². The second kappa shape index (κ2) is 6.03. The molecule has 0 spiro atoms. The Balaban J connectivity index is 1.57. The van der Waals surface area contributed by atoms with Gasteiger partial charge in [-0.1, -0.05) is 0 Å². The smallest absolute Gasteiger partial charge is 0.320 e. The van der Waals surface area contributed by atoms with Crippen LogP contribution in [0.25, 0.3) is 0 Å². The van der Waals surface area contributed by atoms with Gasteiger partial charge in [0.25, 0.3) is 0 Å². The van der Waals surface area contributed by atoms with Crippen LogP contribution in [-0.4, -0.2) is 83.0 Å². The SMILES string of the molecule is COCCN1C[C@H]2CN(Cc3cnn(C)c3)CCN2C1=O. The number of hydrogen-bond donors (Lipinski definition) is 0. The molecule has 2 aliphatic rings. The van der Waals surface area contributed by atoms with Crippen molar-refractivity contribution in [2.75, 3.05) is 46.4 Å². The van der Waals surface area contributed by atoms with Gasteiger partial charge < -0.3 is 14.5 Å². The van der Waals surface area contributed by atoms with E-state index in [2.05, 4.69) is 16.2 Å². The van der Waals surface area contributed by atoms with Crippen LogP contribution in [0.15, 0.2) is 12.4 Å². The monoisotopic (exact) mass is 293 g/mol. The fourth-order valence-electron chi connectivity index (χ4n) is 3.19. The van der Waals surface area contributed by atoms with Crippen LogP contribution in [0, 0.1) is 0 Å². The lowest BCUT2D eigenvalue weighted by Crippen LogP contribution is -2.51. The maximum absolute atomic E-state index is 12.3. The summed E-state index contributed by atoms with van der Waals surface area (Å²) < 4.78 is 6.91. The number of hydrogen-bond acceptors (Lipinski definition) is 4. The Labute approximate surface area is 125 Å². The van der Waals surface area contributed by atoms with Crippen molar-refractivity contribution in [2.24, 2.45) is 7.05 Å². The number of amides is 2. The molecule has 0 saturated carbocycles. The van der Waals surface area contributed by atoms with E-state index in [-0.39, 0.29) is 6.03 Å². The minimum Gasteiger partial charge on any atom is -0.383 e. The average Bonchev–Trinajstić information content (AvgIpc) is 3.01. The van der Waals surface area contributed by atoms with Crippen LogP contribution in [-0.2, 0) is 18.3 Å². The number of aryl methyl sites for hydroxylation is 1. The Morgan fingerprint density at radius 1 is 1.38 bits per heavy atom. The number of aromatic nitrogens is 2. The van der Waals surface area contributed by atoms with Gasteiger partial charge in [-0.25, -0.2) is 4.79 Å².